The molecule has 0 aliphatic carbocycles. The topological polar surface area (TPSA) is 52.1 Å². The van der Waals surface area contributed by atoms with Gasteiger partial charge >= 0.3 is 0 Å². The van der Waals surface area contributed by atoms with Crippen LogP contribution in [0.3, 0.4) is 0 Å². The summed E-state index contributed by atoms with van der Waals surface area (Å²) in [6.45, 7) is 7.58. The zero-order valence-corrected chi connectivity index (χ0v) is 16.5. The first-order valence-electron chi connectivity index (χ1n) is 9.35. The monoisotopic (exact) mass is 398 g/mol. The molecule has 29 heavy (non-hydrogen) atoms. The molecule has 0 fully saturated rings. The fourth-order valence-electron chi connectivity index (χ4n) is 3.31. The largest absolute Gasteiger partial charge is 0.435 e. The summed E-state index contributed by atoms with van der Waals surface area (Å²) in [4.78, 5) is 11.2. The van der Waals surface area contributed by atoms with Gasteiger partial charge in [0.2, 0.25) is 11.8 Å². The van der Waals surface area contributed by atoms with Crippen molar-refractivity contribution in [3.05, 3.63) is 85.0 Å². The van der Waals surface area contributed by atoms with E-state index in [1.54, 1.807) is 11.3 Å². The summed E-state index contributed by atoms with van der Waals surface area (Å²) in [7, 11) is 0. The summed E-state index contributed by atoms with van der Waals surface area (Å²) in [5.41, 5.74) is 5.60. The fourth-order valence-corrected chi connectivity index (χ4v) is 4.17. The van der Waals surface area contributed by atoms with Crippen molar-refractivity contribution in [2.24, 2.45) is 0 Å². The Hall–Kier alpha value is -3.44. The van der Waals surface area contributed by atoms with Gasteiger partial charge in [-0.3, -0.25) is 0 Å². The van der Waals surface area contributed by atoms with Gasteiger partial charge in [-0.1, -0.05) is 24.3 Å². The van der Waals surface area contributed by atoms with Gasteiger partial charge in [0.25, 0.3) is 0 Å². The summed E-state index contributed by atoms with van der Waals surface area (Å²) < 4.78 is 11.9. The molecule has 0 amide bonds. The molecular formula is C24H18N2O2S. The first-order chi connectivity index (χ1) is 14.2. The van der Waals surface area contributed by atoms with Crippen molar-refractivity contribution in [1.82, 2.24) is 9.97 Å². The van der Waals surface area contributed by atoms with Crippen molar-refractivity contribution in [2.45, 2.75) is 12.8 Å². The van der Waals surface area contributed by atoms with Gasteiger partial charge in [0.15, 0.2) is 11.2 Å². The third-order valence-electron chi connectivity index (χ3n) is 4.69. The second kappa shape index (κ2) is 7.18. The minimum Gasteiger partial charge on any atom is -0.435 e. The number of benzene rings is 2. The van der Waals surface area contributed by atoms with Crippen LogP contribution in [0.2, 0.25) is 0 Å². The van der Waals surface area contributed by atoms with Crippen LogP contribution in [0.4, 0.5) is 0 Å². The van der Waals surface area contributed by atoms with Crippen molar-refractivity contribution in [1.29, 1.82) is 0 Å². The highest BCUT2D eigenvalue weighted by Gasteiger charge is 2.15. The third-order valence-corrected chi connectivity index (χ3v) is 5.75. The van der Waals surface area contributed by atoms with E-state index in [2.05, 4.69) is 23.1 Å². The van der Waals surface area contributed by atoms with E-state index in [0.717, 1.165) is 44.8 Å². The van der Waals surface area contributed by atoms with E-state index in [4.69, 9.17) is 8.83 Å². The van der Waals surface area contributed by atoms with E-state index in [1.165, 1.54) is 11.1 Å². The van der Waals surface area contributed by atoms with E-state index in [9.17, 15) is 0 Å². The van der Waals surface area contributed by atoms with Crippen molar-refractivity contribution in [3.8, 4) is 21.5 Å². The van der Waals surface area contributed by atoms with Crippen molar-refractivity contribution in [2.75, 3.05) is 0 Å². The molecule has 142 valence electrons. The second-order valence-corrected chi connectivity index (χ2v) is 7.88. The van der Waals surface area contributed by atoms with E-state index < -0.39 is 0 Å². The molecule has 0 radical (unpaired) electrons. The molecule has 3 aromatic heterocycles. The van der Waals surface area contributed by atoms with E-state index >= 15 is 0 Å². The Morgan fingerprint density at radius 2 is 1.21 bits per heavy atom. The fraction of sp³-hybridized carbons (Fsp3) is 0.0833. The van der Waals surface area contributed by atoms with Crippen molar-refractivity contribution < 1.29 is 8.83 Å². The molecule has 0 bridgehead atoms. The number of oxazole rings is 2. The molecule has 0 unspecified atom stereocenters. The van der Waals surface area contributed by atoms with Gasteiger partial charge in [-0.15, -0.1) is 24.5 Å². The number of nitrogens with zero attached hydrogens (tertiary/aromatic N) is 2. The predicted octanol–water partition coefficient (Wildman–Crippen LogP) is 6.82. The number of allylic oxidation sites excluding steroid dienone is 2. The maximum Gasteiger partial charge on any atom is 0.237 e. The summed E-state index contributed by atoms with van der Waals surface area (Å²) in [6.07, 6.45) is 5.39. The Labute approximate surface area is 171 Å². The van der Waals surface area contributed by atoms with Gasteiger partial charge in [0.1, 0.15) is 11.0 Å². The smallest absolute Gasteiger partial charge is 0.237 e. The zero-order chi connectivity index (χ0) is 19.8. The first kappa shape index (κ1) is 17.6. The molecule has 0 saturated heterocycles. The van der Waals surface area contributed by atoms with Crippen LogP contribution in [0.15, 0.2) is 82.7 Å². The van der Waals surface area contributed by atoms with Gasteiger partial charge in [-0.25, -0.2) is 9.97 Å². The molecule has 0 N–H and O–H groups in total. The molecule has 5 aromatic rings. The molecule has 0 spiro atoms. The second-order valence-electron chi connectivity index (χ2n) is 6.79. The average Bonchev–Trinajstić information content (AvgIpc) is 3.44. The number of aromatic nitrogens is 2. The lowest BCUT2D eigenvalue weighted by atomic mass is 10.1. The molecule has 0 aliphatic rings. The van der Waals surface area contributed by atoms with Gasteiger partial charge in [0.05, 0.1) is 9.75 Å². The number of thiophene rings is 1. The van der Waals surface area contributed by atoms with Crippen LogP contribution in [-0.4, -0.2) is 9.97 Å². The van der Waals surface area contributed by atoms with E-state index in [-0.39, 0.29) is 0 Å². The van der Waals surface area contributed by atoms with E-state index in [0.29, 0.717) is 11.8 Å². The van der Waals surface area contributed by atoms with Gasteiger partial charge in [0, 0.05) is 0 Å². The number of fused-ring (bicyclic) bond motifs is 2. The molecule has 3 heterocycles. The van der Waals surface area contributed by atoms with Gasteiger partial charge < -0.3 is 8.83 Å². The Morgan fingerprint density at radius 1 is 0.724 bits per heavy atom. The van der Waals surface area contributed by atoms with Crippen LogP contribution >= 0.6 is 11.3 Å². The highest BCUT2D eigenvalue weighted by atomic mass is 32.1. The molecule has 0 saturated carbocycles. The molecule has 0 aliphatic heterocycles. The lowest BCUT2D eigenvalue weighted by molar-refractivity contribution is 0.621. The SMILES string of the molecule is C=CCc1ccc2oc(-c3ccc(-c4nc5cc(CC=C)ccc5o4)s3)nc2c1. The Bertz CT molecular complexity index is 1250. The Kier molecular flexibility index (Phi) is 4.37. The van der Waals surface area contributed by atoms with Gasteiger partial charge in [-0.05, 0) is 60.4 Å². The van der Waals surface area contributed by atoms with Crippen molar-refractivity contribution in [3.63, 3.8) is 0 Å². The van der Waals surface area contributed by atoms with Crippen LogP contribution < -0.4 is 0 Å². The zero-order valence-electron chi connectivity index (χ0n) is 15.7. The molecule has 0 atom stereocenters. The van der Waals surface area contributed by atoms with Crippen LogP contribution in [0.1, 0.15) is 11.1 Å². The lowest BCUT2D eigenvalue weighted by Gasteiger charge is -1.93. The highest BCUT2D eigenvalue weighted by molar-refractivity contribution is 7.18. The van der Waals surface area contributed by atoms with Crippen LogP contribution in [0, 0.1) is 0 Å². The third kappa shape index (κ3) is 3.30. The predicted molar refractivity (Wildman–Crippen MR) is 118 cm³/mol. The van der Waals surface area contributed by atoms with E-state index in [1.807, 2.05) is 60.7 Å². The summed E-state index contributed by atoms with van der Waals surface area (Å²) in [6, 6.07) is 16.1. The molecule has 2 aromatic carbocycles. The number of rotatable bonds is 6. The van der Waals surface area contributed by atoms with Crippen LogP contribution in [0.5, 0.6) is 0 Å². The quantitative estimate of drug-likeness (QED) is 0.294. The molecule has 5 rings (SSSR count). The normalized spacial score (nSPS) is 11.3. The molecular weight excluding hydrogens is 380 g/mol. The molecule has 5 heteroatoms. The maximum atomic E-state index is 5.95. The van der Waals surface area contributed by atoms with Crippen LogP contribution in [-0.2, 0) is 12.8 Å². The minimum atomic E-state index is 0.608. The van der Waals surface area contributed by atoms with Crippen LogP contribution in [0.25, 0.3) is 43.7 Å². The summed E-state index contributed by atoms with van der Waals surface area (Å²) in [5, 5.41) is 0. The lowest BCUT2D eigenvalue weighted by Crippen LogP contribution is -1.79. The molecule has 4 nitrogen and oxygen atoms in total. The first-order valence-corrected chi connectivity index (χ1v) is 10.2. The number of hydrogen-bond donors (Lipinski definition) is 0. The van der Waals surface area contributed by atoms with Gasteiger partial charge in [-0.2, -0.15) is 0 Å². The summed E-state index contributed by atoms with van der Waals surface area (Å²) >= 11 is 1.55. The number of hydrogen-bond acceptors (Lipinski definition) is 5. The Balaban J connectivity index is 1.48. The Morgan fingerprint density at radius 3 is 1.66 bits per heavy atom. The minimum absolute atomic E-state index is 0.608. The maximum absolute atomic E-state index is 5.95. The summed E-state index contributed by atoms with van der Waals surface area (Å²) in [5.74, 6) is 1.22. The highest BCUT2D eigenvalue weighted by Crippen LogP contribution is 2.36. The standard InChI is InChI=1S/C24H18N2O2S/c1-3-5-15-7-9-19-17(13-15)25-23(27-19)21-11-12-22(29-21)24-26-18-14-16(6-4-2)8-10-20(18)28-24/h3-4,7-14H,1-2,5-6H2. The van der Waals surface area contributed by atoms with Crippen molar-refractivity contribution >= 4 is 33.5 Å². The average molecular weight is 398 g/mol.